The van der Waals surface area contributed by atoms with Gasteiger partial charge in [0.25, 0.3) is 11.2 Å². The van der Waals surface area contributed by atoms with Gasteiger partial charge in [-0.2, -0.15) is 52.7 Å². The van der Waals surface area contributed by atoms with E-state index >= 15 is 0 Å². The molecule has 2 N–H and O–H groups in total. The van der Waals surface area contributed by atoms with Crippen LogP contribution in [0.1, 0.15) is 45.4 Å². The third-order valence-corrected chi connectivity index (χ3v) is 6.70. The monoisotopic (exact) mass is 470 g/mol. The molecule has 0 aromatic heterocycles. The fourth-order valence-corrected chi connectivity index (χ4v) is 5.62. The minimum absolute atomic E-state index is 0.174. The molecular formula is C16H18F12O2. The second-order valence-electron chi connectivity index (χ2n) is 8.60. The maximum Gasteiger partial charge on any atom is 0.426 e. The molecule has 0 aromatic rings. The van der Waals surface area contributed by atoms with E-state index in [4.69, 9.17) is 0 Å². The first-order valence-electron chi connectivity index (χ1n) is 8.71. The summed E-state index contributed by atoms with van der Waals surface area (Å²) in [5, 5.41) is 19.7. The largest absolute Gasteiger partial charge is 0.426 e. The first-order chi connectivity index (χ1) is 13.0. The Morgan fingerprint density at radius 3 is 1.43 bits per heavy atom. The van der Waals surface area contributed by atoms with Gasteiger partial charge in [-0.3, -0.25) is 0 Å². The van der Waals surface area contributed by atoms with Crippen molar-refractivity contribution in [3.05, 3.63) is 0 Å². The van der Waals surface area contributed by atoms with Gasteiger partial charge < -0.3 is 10.2 Å². The smallest absolute Gasteiger partial charge is 0.373 e. The summed E-state index contributed by atoms with van der Waals surface area (Å²) >= 11 is 0. The molecule has 14 heteroatoms. The van der Waals surface area contributed by atoms with Crippen molar-refractivity contribution >= 4 is 0 Å². The van der Waals surface area contributed by atoms with E-state index in [9.17, 15) is 62.9 Å². The van der Waals surface area contributed by atoms with E-state index in [1.165, 1.54) is 0 Å². The molecule has 0 amide bonds. The van der Waals surface area contributed by atoms with E-state index in [0.717, 1.165) is 0 Å². The zero-order valence-electron chi connectivity index (χ0n) is 15.2. The SMILES string of the molecule is CC1(C(O)(C(F)(F)F)C(F)(F)F)CC2CCCC(C(O)(C(F)(F)F)C(F)(F)F)(C2)C1. The Morgan fingerprint density at radius 1 is 0.667 bits per heavy atom. The highest BCUT2D eigenvalue weighted by Gasteiger charge is 2.84. The standard InChI is InChI=1S/C16H18F12O2/c1-9(11(29,13(17,18)19)14(20,21)22)5-8-3-2-4-10(6-8,7-9)12(30,15(23,24)25)16(26,27)28/h8,29-30H,2-7H2,1H3. The van der Waals surface area contributed by atoms with Gasteiger partial charge in [-0.15, -0.1) is 0 Å². The molecule has 30 heavy (non-hydrogen) atoms. The Kier molecular flexibility index (Phi) is 5.53. The number of rotatable bonds is 2. The molecular weight excluding hydrogens is 452 g/mol. The van der Waals surface area contributed by atoms with Crippen LogP contribution in [0, 0.1) is 16.7 Å². The van der Waals surface area contributed by atoms with Crippen LogP contribution in [0.2, 0.25) is 0 Å². The quantitative estimate of drug-likeness (QED) is 0.511. The topological polar surface area (TPSA) is 40.5 Å². The molecule has 0 aromatic carbocycles. The lowest BCUT2D eigenvalue weighted by molar-refractivity contribution is -0.436. The molecule has 0 heterocycles. The molecule has 0 saturated heterocycles. The number of hydrogen-bond acceptors (Lipinski definition) is 2. The summed E-state index contributed by atoms with van der Waals surface area (Å²) in [6.45, 7) is 0.174. The average molecular weight is 470 g/mol. The van der Waals surface area contributed by atoms with Crippen molar-refractivity contribution in [2.75, 3.05) is 0 Å². The summed E-state index contributed by atoms with van der Waals surface area (Å²) < 4.78 is 162. The molecule has 3 unspecified atom stereocenters. The fraction of sp³-hybridized carbons (Fsp3) is 1.00. The molecule has 2 rings (SSSR count). The van der Waals surface area contributed by atoms with Crippen LogP contribution in [0.25, 0.3) is 0 Å². The van der Waals surface area contributed by atoms with Crippen molar-refractivity contribution in [1.29, 1.82) is 0 Å². The van der Waals surface area contributed by atoms with Gasteiger partial charge in [-0.25, -0.2) is 0 Å². The van der Waals surface area contributed by atoms with Crippen molar-refractivity contribution < 1.29 is 62.9 Å². The molecule has 3 atom stereocenters. The molecule has 0 spiro atoms. The lowest BCUT2D eigenvalue weighted by Gasteiger charge is -2.61. The molecule has 2 bridgehead atoms. The van der Waals surface area contributed by atoms with E-state index in [2.05, 4.69) is 0 Å². The summed E-state index contributed by atoms with van der Waals surface area (Å²) in [5.41, 5.74) is -18.1. The number of hydrogen-bond donors (Lipinski definition) is 2. The zero-order chi connectivity index (χ0) is 23.8. The lowest BCUT2D eigenvalue weighted by atomic mass is 9.45. The zero-order valence-corrected chi connectivity index (χ0v) is 15.2. The Balaban J connectivity index is 2.79. The van der Waals surface area contributed by atoms with E-state index in [1.807, 2.05) is 0 Å². The molecule has 0 radical (unpaired) electrons. The second-order valence-corrected chi connectivity index (χ2v) is 8.60. The van der Waals surface area contributed by atoms with Crippen molar-refractivity contribution in [3.8, 4) is 0 Å². The Bertz CT molecular complexity index is 631. The van der Waals surface area contributed by atoms with Crippen LogP contribution < -0.4 is 0 Å². The normalized spacial score (nSPS) is 32.3. The molecule has 178 valence electrons. The number of aliphatic hydroxyl groups is 2. The first-order valence-corrected chi connectivity index (χ1v) is 8.71. The highest BCUT2D eigenvalue weighted by atomic mass is 19.4. The minimum Gasteiger partial charge on any atom is -0.373 e. The van der Waals surface area contributed by atoms with E-state index in [0.29, 0.717) is 0 Å². The van der Waals surface area contributed by atoms with Gasteiger partial charge in [0.2, 0.25) is 0 Å². The lowest BCUT2D eigenvalue weighted by Crippen LogP contribution is -2.74. The maximum absolute atomic E-state index is 13.5. The Hall–Kier alpha value is -0.920. The third kappa shape index (κ3) is 3.18. The van der Waals surface area contributed by atoms with Gasteiger partial charge in [-0.1, -0.05) is 19.8 Å². The molecule has 2 nitrogen and oxygen atoms in total. The average Bonchev–Trinajstić information content (AvgIpc) is 2.48. The van der Waals surface area contributed by atoms with Crippen LogP contribution in [0.15, 0.2) is 0 Å². The highest BCUT2D eigenvalue weighted by molar-refractivity contribution is 5.18. The number of halogens is 12. The molecule has 2 saturated carbocycles. The summed E-state index contributed by atoms with van der Waals surface area (Å²) in [4.78, 5) is 0. The van der Waals surface area contributed by atoms with Gasteiger partial charge in [0.05, 0.1) is 0 Å². The van der Waals surface area contributed by atoms with Crippen LogP contribution in [0.5, 0.6) is 0 Å². The van der Waals surface area contributed by atoms with Gasteiger partial charge in [0.1, 0.15) is 0 Å². The first kappa shape index (κ1) is 25.3. The van der Waals surface area contributed by atoms with Crippen LogP contribution in [0.4, 0.5) is 52.7 Å². The van der Waals surface area contributed by atoms with Crippen LogP contribution in [-0.2, 0) is 0 Å². The van der Waals surface area contributed by atoms with Crippen LogP contribution in [-0.4, -0.2) is 46.1 Å². The Morgan fingerprint density at radius 2 is 1.07 bits per heavy atom. The minimum atomic E-state index is -6.44. The van der Waals surface area contributed by atoms with E-state index < -0.39 is 78.3 Å². The predicted molar refractivity (Wildman–Crippen MR) is 75.9 cm³/mol. The maximum atomic E-state index is 13.5. The van der Waals surface area contributed by atoms with Gasteiger partial charge in [0.15, 0.2) is 0 Å². The number of fused-ring (bicyclic) bond motifs is 2. The Labute approximate surface area is 162 Å². The summed E-state index contributed by atoms with van der Waals surface area (Å²) in [5.74, 6) is -1.43. The van der Waals surface area contributed by atoms with Crippen LogP contribution >= 0.6 is 0 Å². The van der Waals surface area contributed by atoms with Crippen molar-refractivity contribution in [1.82, 2.24) is 0 Å². The highest BCUT2D eigenvalue weighted by Crippen LogP contribution is 2.70. The van der Waals surface area contributed by atoms with E-state index in [-0.39, 0.29) is 19.8 Å². The number of alkyl halides is 12. The van der Waals surface area contributed by atoms with Crippen molar-refractivity contribution in [3.63, 3.8) is 0 Å². The summed E-state index contributed by atoms with van der Waals surface area (Å²) in [7, 11) is 0. The fourth-order valence-electron chi connectivity index (χ4n) is 5.62. The van der Waals surface area contributed by atoms with E-state index in [1.54, 1.807) is 0 Å². The van der Waals surface area contributed by atoms with Gasteiger partial charge in [0, 0.05) is 10.8 Å². The van der Waals surface area contributed by atoms with Gasteiger partial charge >= 0.3 is 24.7 Å². The second kappa shape index (κ2) is 6.55. The summed E-state index contributed by atoms with van der Waals surface area (Å²) in [6, 6.07) is 0. The van der Waals surface area contributed by atoms with Crippen LogP contribution in [0.3, 0.4) is 0 Å². The molecule has 2 aliphatic carbocycles. The summed E-state index contributed by atoms with van der Waals surface area (Å²) in [6.07, 6.45) is -31.6. The molecule has 2 fully saturated rings. The predicted octanol–water partition coefficient (Wildman–Crippen LogP) is 5.67. The van der Waals surface area contributed by atoms with Crippen molar-refractivity contribution in [2.24, 2.45) is 16.7 Å². The van der Waals surface area contributed by atoms with Gasteiger partial charge in [-0.05, 0) is 31.6 Å². The third-order valence-electron chi connectivity index (χ3n) is 6.70. The molecule has 0 aliphatic heterocycles. The molecule has 2 aliphatic rings. The van der Waals surface area contributed by atoms with Crippen molar-refractivity contribution in [2.45, 2.75) is 81.4 Å².